The molecule has 6 heteroatoms. The lowest BCUT2D eigenvalue weighted by Crippen LogP contribution is -2.52. The number of hydrogen-bond acceptors (Lipinski definition) is 3. The maximum Gasteiger partial charge on any atom is 0.490 e. The Morgan fingerprint density at radius 3 is 2.44 bits per heavy atom. The molecule has 1 N–H and O–H groups in total. The minimum atomic E-state index is -4.91. The van der Waals surface area contributed by atoms with Crippen LogP contribution in [0.25, 0.3) is 0 Å². The summed E-state index contributed by atoms with van der Waals surface area (Å²) in [5.41, 5.74) is -0.958. The zero-order valence-corrected chi connectivity index (χ0v) is 8.99. The minimum Gasteiger partial charge on any atom is -0.451 e. The summed E-state index contributed by atoms with van der Waals surface area (Å²) in [6.45, 7) is 2.66. The zero-order chi connectivity index (χ0) is 12.0. The highest BCUT2D eigenvalue weighted by Gasteiger charge is 2.53. The van der Waals surface area contributed by atoms with Gasteiger partial charge in [-0.2, -0.15) is 13.2 Å². The molecule has 1 unspecified atom stereocenters. The largest absolute Gasteiger partial charge is 0.490 e. The third-order valence-electron chi connectivity index (χ3n) is 3.28. The molecule has 1 saturated carbocycles. The third-order valence-corrected chi connectivity index (χ3v) is 3.28. The predicted octanol–water partition coefficient (Wildman–Crippen LogP) is 1.62. The Morgan fingerprint density at radius 1 is 1.31 bits per heavy atom. The van der Waals surface area contributed by atoms with Crippen molar-refractivity contribution in [3.05, 3.63) is 0 Å². The van der Waals surface area contributed by atoms with E-state index in [1.165, 1.54) is 0 Å². The van der Waals surface area contributed by atoms with Crippen LogP contribution in [-0.4, -0.2) is 30.8 Å². The van der Waals surface area contributed by atoms with Gasteiger partial charge in [0.1, 0.15) is 5.60 Å². The summed E-state index contributed by atoms with van der Waals surface area (Å²) in [7, 11) is 0. The molecule has 1 atom stereocenters. The van der Waals surface area contributed by atoms with Crippen LogP contribution < -0.4 is 5.32 Å². The summed E-state index contributed by atoms with van der Waals surface area (Å²) in [4.78, 5) is 10.8. The van der Waals surface area contributed by atoms with E-state index in [0.29, 0.717) is 6.42 Å². The van der Waals surface area contributed by atoms with Crippen LogP contribution in [0.5, 0.6) is 0 Å². The van der Waals surface area contributed by atoms with Gasteiger partial charge in [0.25, 0.3) is 0 Å². The number of esters is 1. The van der Waals surface area contributed by atoms with Crippen molar-refractivity contribution in [2.45, 2.75) is 38.0 Å². The minimum absolute atomic E-state index is 0.0683. The summed E-state index contributed by atoms with van der Waals surface area (Å²) in [5, 5.41) is 3.04. The van der Waals surface area contributed by atoms with Crippen molar-refractivity contribution in [3.8, 4) is 0 Å². The smallest absolute Gasteiger partial charge is 0.451 e. The molecule has 1 aliphatic carbocycles. The Morgan fingerprint density at radius 2 is 1.94 bits per heavy atom. The second-order valence-electron chi connectivity index (χ2n) is 5.12. The van der Waals surface area contributed by atoms with Crippen LogP contribution in [-0.2, 0) is 9.53 Å². The highest BCUT2D eigenvalue weighted by molar-refractivity contribution is 5.76. The number of halogens is 3. The van der Waals surface area contributed by atoms with Crippen LogP contribution in [0.3, 0.4) is 0 Å². The molecule has 0 aromatic carbocycles. The number of hydrogen-bond donors (Lipinski definition) is 1. The van der Waals surface area contributed by atoms with E-state index in [4.69, 9.17) is 0 Å². The first-order valence-corrected chi connectivity index (χ1v) is 5.26. The summed E-state index contributed by atoms with van der Waals surface area (Å²) in [5.74, 6) is -2.09. The van der Waals surface area contributed by atoms with Gasteiger partial charge < -0.3 is 10.1 Å². The molecular formula is C10H14F3NO2. The maximum atomic E-state index is 12.1. The average Bonchev–Trinajstić information content (AvgIpc) is 2.81. The highest BCUT2D eigenvalue weighted by atomic mass is 19.4. The number of alkyl halides is 3. The van der Waals surface area contributed by atoms with Crippen molar-refractivity contribution in [3.63, 3.8) is 0 Å². The molecule has 0 amide bonds. The zero-order valence-electron chi connectivity index (χ0n) is 8.99. The van der Waals surface area contributed by atoms with Crippen molar-refractivity contribution in [1.82, 2.24) is 5.32 Å². The van der Waals surface area contributed by atoms with E-state index in [-0.39, 0.29) is 12.0 Å². The molecule has 92 valence electrons. The molecule has 2 rings (SSSR count). The standard InChI is InChI=1S/C10H14F3NO2/c1-8(16-7(15)10(11,12)13)4-9(2-3-9)6-14-5-8/h14H,2-6H2,1H3. The van der Waals surface area contributed by atoms with Crippen molar-refractivity contribution >= 4 is 5.97 Å². The molecular weight excluding hydrogens is 223 g/mol. The van der Waals surface area contributed by atoms with Gasteiger partial charge in [0.2, 0.25) is 0 Å². The average molecular weight is 237 g/mol. The van der Waals surface area contributed by atoms with Crippen molar-refractivity contribution in [1.29, 1.82) is 0 Å². The molecule has 1 saturated heterocycles. The molecule has 0 radical (unpaired) electrons. The van der Waals surface area contributed by atoms with Crippen LogP contribution in [0.1, 0.15) is 26.2 Å². The first-order chi connectivity index (χ1) is 7.25. The Hall–Kier alpha value is -0.780. The van der Waals surface area contributed by atoms with Crippen LogP contribution >= 0.6 is 0 Å². The van der Waals surface area contributed by atoms with Crippen molar-refractivity contribution < 1.29 is 22.7 Å². The lowest BCUT2D eigenvalue weighted by atomic mass is 9.85. The molecule has 0 bridgehead atoms. The lowest BCUT2D eigenvalue weighted by Gasteiger charge is -2.38. The van der Waals surface area contributed by atoms with Gasteiger partial charge in [0.05, 0.1) is 0 Å². The summed E-state index contributed by atoms with van der Waals surface area (Å²) in [6, 6.07) is 0. The van der Waals surface area contributed by atoms with Gasteiger partial charge in [-0.25, -0.2) is 4.79 Å². The van der Waals surface area contributed by atoms with Gasteiger partial charge in [0, 0.05) is 13.1 Å². The van der Waals surface area contributed by atoms with E-state index >= 15 is 0 Å². The van der Waals surface area contributed by atoms with Gasteiger partial charge in [0.15, 0.2) is 0 Å². The maximum absolute atomic E-state index is 12.1. The fourth-order valence-corrected chi connectivity index (χ4v) is 2.39. The normalized spacial score (nSPS) is 32.5. The van der Waals surface area contributed by atoms with Crippen LogP contribution in [0.15, 0.2) is 0 Å². The van der Waals surface area contributed by atoms with Gasteiger partial charge in [-0.1, -0.05) is 0 Å². The van der Waals surface area contributed by atoms with Crippen LogP contribution in [0, 0.1) is 5.41 Å². The Bertz CT molecular complexity index is 312. The Kier molecular flexibility index (Phi) is 2.45. The molecule has 0 aromatic heterocycles. The predicted molar refractivity (Wildman–Crippen MR) is 49.7 cm³/mol. The van der Waals surface area contributed by atoms with E-state index in [0.717, 1.165) is 19.4 Å². The molecule has 1 aliphatic heterocycles. The topological polar surface area (TPSA) is 38.3 Å². The van der Waals surface area contributed by atoms with Gasteiger partial charge in [-0.15, -0.1) is 0 Å². The van der Waals surface area contributed by atoms with Gasteiger partial charge >= 0.3 is 12.1 Å². The third kappa shape index (κ3) is 2.31. The summed E-state index contributed by atoms with van der Waals surface area (Å²) in [6.07, 6.45) is -2.38. The lowest BCUT2D eigenvalue weighted by molar-refractivity contribution is -0.215. The monoisotopic (exact) mass is 237 g/mol. The molecule has 16 heavy (non-hydrogen) atoms. The number of piperidine rings is 1. The first-order valence-electron chi connectivity index (χ1n) is 5.26. The number of rotatable bonds is 1. The van der Waals surface area contributed by atoms with E-state index in [1.807, 2.05) is 0 Å². The number of carbonyl (C=O) groups is 1. The van der Waals surface area contributed by atoms with E-state index in [9.17, 15) is 18.0 Å². The highest BCUT2D eigenvalue weighted by Crippen LogP contribution is 2.53. The summed E-state index contributed by atoms with van der Waals surface area (Å²) < 4.78 is 40.9. The van der Waals surface area contributed by atoms with Crippen molar-refractivity contribution in [2.75, 3.05) is 13.1 Å². The SMILES string of the molecule is CC1(OC(=O)C(F)(F)F)CNCC2(CC2)C1. The Labute approximate surface area is 91.3 Å². The molecule has 3 nitrogen and oxygen atoms in total. The summed E-state index contributed by atoms with van der Waals surface area (Å²) >= 11 is 0. The van der Waals surface area contributed by atoms with E-state index in [1.54, 1.807) is 6.92 Å². The van der Waals surface area contributed by atoms with E-state index in [2.05, 4.69) is 10.1 Å². The Balaban J connectivity index is 2.00. The number of carbonyl (C=O) groups excluding carboxylic acids is 1. The van der Waals surface area contributed by atoms with E-state index < -0.39 is 17.7 Å². The second-order valence-corrected chi connectivity index (χ2v) is 5.12. The number of nitrogens with one attached hydrogen (secondary N) is 1. The van der Waals surface area contributed by atoms with Crippen LogP contribution in [0.2, 0.25) is 0 Å². The molecule has 2 fully saturated rings. The number of ether oxygens (including phenoxy) is 1. The fraction of sp³-hybridized carbons (Fsp3) is 0.900. The van der Waals surface area contributed by atoms with Crippen LogP contribution in [0.4, 0.5) is 13.2 Å². The fourth-order valence-electron chi connectivity index (χ4n) is 2.39. The van der Waals surface area contributed by atoms with Gasteiger partial charge in [-0.05, 0) is 31.6 Å². The van der Waals surface area contributed by atoms with Crippen molar-refractivity contribution in [2.24, 2.45) is 5.41 Å². The first kappa shape index (κ1) is 11.7. The molecule has 1 spiro atoms. The molecule has 0 aromatic rings. The second kappa shape index (κ2) is 3.35. The quantitative estimate of drug-likeness (QED) is 0.704. The molecule has 1 heterocycles. The molecule has 2 aliphatic rings. The van der Waals surface area contributed by atoms with Gasteiger partial charge in [-0.3, -0.25) is 0 Å².